The van der Waals surface area contributed by atoms with Crippen LogP contribution in [0, 0.1) is 5.41 Å². The predicted molar refractivity (Wildman–Crippen MR) is 68.9 cm³/mol. The second-order valence-corrected chi connectivity index (χ2v) is 5.06. The van der Waals surface area contributed by atoms with E-state index in [1.54, 1.807) is 7.11 Å². The Morgan fingerprint density at radius 3 is 2.71 bits per heavy atom. The lowest BCUT2D eigenvalue weighted by molar-refractivity contribution is -0.122. The van der Waals surface area contributed by atoms with E-state index < -0.39 is 0 Å². The van der Waals surface area contributed by atoms with Gasteiger partial charge in [-0.1, -0.05) is 13.3 Å². The van der Waals surface area contributed by atoms with Crippen LogP contribution >= 0.6 is 0 Å². The molecule has 1 aliphatic rings. The number of rotatable bonds is 7. The Kier molecular flexibility index (Phi) is 6.52. The molecule has 1 aliphatic heterocycles. The molecule has 4 nitrogen and oxygen atoms in total. The molecule has 4 heteroatoms. The Morgan fingerprint density at radius 1 is 1.41 bits per heavy atom. The number of hydrogen-bond acceptors (Lipinski definition) is 3. The van der Waals surface area contributed by atoms with E-state index in [2.05, 4.69) is 17.6 Å². The summed E-state index contributed by atoms with van der Waals surface area (Å²) in [6.07, 6.45) is 4.85. The van der Waals surface area contributed by atoms with E-state index in [-0.39, 0.29) is 11.3 Å². The van der Waals surface area contributed by atoms with Crippen molar-refractivity contribution in [2.75, 3.05) is 33.4 Å². The zero-order valence-corrected chi connectivity index (χ0v) is 11.2. The number of carbonyl (C=O) groups is 1. The van der Waals surface area contributed by atoms with Crippen molar-refractivity contribution in [3.8, 4) is 0 Å². The number of piperidine rings is 1. The summed E-state index contributed by atoms with van der Waals surface area (Å²) < 4.78 is 5.32. The van der Waals surface area contributed by atoms with Gasteiger partial charge in [-0.2, -0.15) is 0 Å². The van der Waals surface area contributed by atoms with E-state index in [1.165, 1.54) is 0 Å². The predicted octanol–water partition coefficient (Wildman–Crippen LogP) is 1.31. The van der Waals surface area contributed by atoms with Crippen molar-refractivity contribution >= 4 is 5.91 Å². The first-order chi connectivity index (χ1) is 8.22. The fraction of sp³-hybridized carbons (Fsp3) is 0.923. The van der Waals surface area contributed by atoms with Crippen LogP contribution < -0.4 is 10.6 Å². The highest BCUT2D eigenvalue weighted by atomic mass is 16.5. The van der Waals surface area contributed by atoms with Crippen LogP contribution in [0.4, 0.5) is 0 Å². The third-order valence-electron chi connectivity index (χ3n) is 3.53. The van der Waals surface area contributed by atoms with Crippen molar-refractivity contribution in [1.82, 2.24) is 10.6 Å². The topological polar surface area (TPSA) is 50.4 Å². The second-order valence-electron chi connectivity index (χ2n) is 5.06. The Labute approximate surface area is 104 Å². The molecule has 0 aromatic heterocycles. The molecule has 1 amide bonds. The summed E-state index contributed by atoms with van der Waals surface area (Å²) in [5.74, 6) is 0.181. The Hall–Kier alpha value is -0.610. The van der Waals surface area contributed by atoms with Crippen LogP contribution in [0.5, 0.6) is 0 Å². The van der Waals surface area contributed by atoms with Gasteiger partial charge in [-0.3, -0.25) is 4.79 Å². The van der Waals surface area contributed by atoms with Gasteiger partial charge in [-0.05, 0) is 32.4 Å². The van der Waals surface area contributed by atoms with Crippen LogP contribution in [0.25, 0.3) is 0 Å². The van der Waals surface area contributed by atoms with E-state index in [1.807, 2.05) is 0 Å². The summed E-state index contributed by atoms with van der Waals surface area (Å²) in [4.78, 5) is 11.6. The number of ether oxygens (including phenoxy) is 1. The Balaban J connectivity index is 2.35. The fourth-order valence-electron chi connectivity index (χ4n) is 2.35. The molecule has 0 atom stereocenters. The highest BCUT2D eigenvalue weighted by Gasteiger charge is 2.32. The van der Waals surface area contributed by atoms with Crippen molar-refractivity contribution in [1.29, 1.82) is 0 Å². The molecular formula is C13H26N2O2. The maximum Gasteiger partial charge on any atom is 0.220 e. The van der Waals surface area contributed by atoms with Gasteiger partial charge < -0.3 is 15.4 Å². The minimum absolute atomic E-state index is 0.141. The van der Waals surface area contributed by atoms with E-state index in [0.29, 0.717) is 6.42 Å². The number of hydrogen-bond donors (Lipinski definition) is 2. The van der Waals surface area contributed by atoms with Crippen molar-refractivity contribution in [3.63, 3.8) is 0 Å². The molecular weight excluding hydrogens is 216 g/mol. The third kappa shape index (κ3) is 5.04. The third-order valence-corrected chi connectivity index (χ3v) is 3.53. The van der Waals surface area contributed by atoms with Crippen LogP contribution in [0.2, 0.25) is 0 Å². The molecule has 0 aliphatic carbocycles. The van der Waals surface area contributed by atoms with E-state index >= 15 is 0 Å². The molecule has 100 valence electrons. The smallest absolute Gasteiger partial charge is 0.220 e. The molecule has 0 radical (unpaired) electrons. The second kappa shape index (κ2) is 7.67. The number of unbranched alkanes of at least 4 members (excludes halogenated alkanes) is 1. The zero-order valence-electron chi connectivity index (χ0n) is 11.2. The lowest BCUT2D eigenvalue weighted by atomic mass is 9.79. The first-order valence-electron chi connectivity index (χ1n) is 6.69. The highest BCUT2D eigenvalue weighted by Crippen LogP contribution is 2.28. The summed E-state index contributed by atoms with van der Waals surface area (Å²) in [6.45, 7) is 5.64. The molecule has 0 aromatic carbocycles. The van der Waals surface area contributed by atoms with Gasteiger partial charge in [0.15, 0.2) is 0 Å². The SMILES string of the molecule is CCCCC(=O)NCC1(COC)CCNCC1. The van der Waals surface area contributed by atoms with Crippen LogP contribution in [-0.2, 0) is 9.53 Å². The zero-order chi connectivity index (χ0) is 12.6. The quantitative estimate of drug-likeness (QED) is 0.707. The monoisotopic (exact) mass is 242 g/mol. The fourth-order valence-corrected chi connectivity index (χ4v) is 2.35. The normalized spacial score (nSPS) is 18.9. The maximum atomic E-state index is 11.6. The van der Waals surface area contributed by atoms with Gasteiger partial charge in [0.2, 0.25) is 5.91 Å². The molecule has 0 saturated carbocycles. The van der Waals surface area contributed by atoms with Gasteiger partial charge in [0.25, 0.3) is 0 Å². The van der Waals surface area contributed by atoms with Gasteiger partial charge in [0, 0.05) is 25.5 Å². The molecule has 1 rings (SSSR count). The highest BCUT2D eigenvalue weighted by molar-refractivity contribution is 5.75. The lowest BCUT2D eigenvalue weighted by Gasteiger charge is -2.37. The summed E-state index contributed by atoms with van der Waals surface area (Å²) in [5, 5.41) is 6.42. The molecule has 1 saturated heterocycles. The first-order valence-corrected chi connectivity index (χ1v) is 6.69. The first kappa shape index (κ1) is 14.5. The molecule has 2 N–H and O–H groups in total. The summed E-state index contributed by atoms with van der Waals surface area (Å²) in [6, 6.07) is 0. The average Bonchev–Trinajstić information content (AvgIpc) is 2.35. The summed E-state index contributed by atoms with van der Waals surface area (Å²) in [5.41, 5.74) is 0.141. The number of nitrogens with one attached hydrogen (secondary N) is 2. The van der Waals surface area contributed by atoms with Crippen molar-refractivity contribution < 1.29 is 9.53 Å². The van der Waals surface area contributed by atoms with Crippen molar-refractivity contribution in [2.24, 2.45) is 5.41 Å². The molecule has 0 unspecified atom stereocenters. The van der Waals surface area contributed by atoms with Crippen LogP contribution in [-0.4, -0.2) is 39.3 Å². The van der Waals surface area contributed by atoms with Crippen LogP contribution in [0.15, 0.2) is 0 Å². The van der Waals surface area contributed by atoms with E-state index in [0.717, 1.165) is 51.9 Å². The minimum Gasteiger partial charge on any atom is -0.384 e. The van der Waals surface area contributed by atoms with Crippen molar-refractivity contribution in [2.45, 2.75) is 39.0 Å². The molecule has 0 spiro atoms. The molecule has 0 aromatic rings. The molecule has 0 bridgehead atoms. The number of amides is 1. The van der Waals surface area contributed by atoms with Gasteiger partial charge in [-0.25, -0.2) is 0 Å². The standard InChI is InChI=1S/C13H26N2O2/c1-3-4-5-12(16)15-10-13(11-17-2)6-8-14-9-7-13/h14H,3-11H2,1-2H3,(H,15,16). The van der Waals surface area contributed by atoms with Crippen LogP contribution in [0.1, 0.15) is 39.0 Å². The van der Waals surface area contributed by atoms with Gasteiger partial charge in [-0.15, -0.1) is 0 Å². The van der Waals surface area contributed by atoms with Gasteiger partial charge >= 0.3 is 0 Å². The number of carbonyl (C=O) groups excluding carboxylic acids is 1. The van der Waals surface area contributed by atoms with E-state index in [9.17, 15) is 4.79 Å². The van der Waals surface area contributed by atoms with Crippen LogP contribution in [0.3, 0.4) is 0 Å². The maximum absolute atomic E-state index is 11.6. The Morgan fingerprint density at radius 2 is 2.12 bits per heavy atom. The minimum atomic E-state index is 0.141. The van der Waals surface area contributed by atoms with Gasteiger partial charge in [0.1, 0.15) is 0 Å². The Bertz CT molecular complexity index is 220. The molecule has 17 heavy (non-hydrogen) atoms. The molecule has 1 heterocycles. The van der Waals surface area contributed by atoms with Crippen molar-refractivity contribution in [3.05, 3.63) is 0 Å². The van der Waals surface area contributed by atoms with E-state index in [4.69, 9.17) is 4.74 Å². The largest absolute Gasteiger partial charge is 0.384 e. The van der Waals surface area contributed by atoms with Gasteiger partial charge in [0.05, 0.1) is 6.61 Å². The summed E-state index contributed by atoms with van der Waals surface area (Å²) >= 11 is 0. The average molecular weight is 242 g/mol. The summed E-state index contributed by atoms with van der Waals surface area (Å²) in [7, 11) is 1.74. The lowest BCUT2D eigenvalue weighted by Crippen LogP contribution is -2.47. The number of methoxy groups -OCH3 is 1. The molecule has 1 fully saturated rings.